The number of ether oxygens (including phenoxy) is 1. The van der Waals surface area contributed by atoms with E-state index in [1.165, 1.54) is 12.8 Å². The Balaban J connectivity index is 1.36. The fourth-order valence-electron chi connectivity index (χ4n) is 4.07. The quantitative estimate of drug-likeness (QED) is 0.553. The summed E-state index contributed by atoms with van der Waals surface area (Å²) in [6.07, 6.45) is 8.48. The Morgan fingerprint density at radius 1 is 1.23 bits per heavy atom. The van der Waals surface area contributed by atoms with Crippen molar-refractivity contribution in [3.63, 3.8) is 0 Å². The number of hydrogen-bond acceptors (Lipinski definition) is 6. The first-order chi connectivity index (χ1) is 14.8. The number of hydrogen-bond donors (Lipinski definition) is 1. The summed E-state index contributed by atoms with van der Waals surface area (Å²) >= 11 is 0. The maximum atomic E-state index is 6.17. The molecule has 8 heteroatoms. The van der Waals surface area contributed by atoms with Gasteiger partial charge in [0.2, 0.25) is 5.88 Å². The zero-order valence-electron chi connectivity index (χ0n) is 17.8. The van der Waals surface area contributed by atoms with Crippen molar-refractivity contribution < 1.29 is 9.26 Å². The number of nitrogens with one attached hydrogen (secondary N) is 1. The first kappa shape index (κ1) is 20.7. The predicted molar refractivity (Wildman–Crippen MR) is 115 cm³/mol. The van der Waals surface area contributed by atoms with Crippen LogP contribution in [-0.2, 0) is 13.1 Å². The number of aliphatic imine (C=N–C) groups is 1. The molecule has 1 saturated heterocycles. The molecule has 2 aliphatic rings. The third kappa shape index (κ3) is 5.50. The van der Waals surface area contributed by atoms with Gasteiger partial charge in [-0.3, -0.25) is 4.90 Å². The summed E-state index contributed by atoms with van der Waals surface area (Å²) in [5.41, 5.74) is 2.03. The summed E-state index contributed by atoms with van der Waals surface area (Å²) in [6.45, 7) is 8.16. The average molecular weight is 413 g/mol. The second-order valence-electron chi connectivity index (χ2n) is 7.92. The van der Waals surface area contributed by atoms with Crippen LogP contribution in [-0.4, -0.2) is 64.7 Å². The largest absolute Gasteiger partial charge is 0.474 e. The van der Waals surface area contributed by atoms with Gasteiger partial charge in [-0.25, -0.2) is 9.98 Å². The van der Waals surface area contributed by atoms with E-state index in [9.17, 15) is 0 Å². The van der Waals surface area contributed by atoms with E-state index in [-0.39, 0.29) is 0 Å². The Bertz CT molecular complexity index is 796. The molecule has 162 valence electrons. The minimum absolute atomic E-state index is 0.300. The molecule has 2 aromatic heterocycles. The van der Waals surface area contributed by atoms with Crippen LogP contribution < -0.4 is 10.1 Å². The van der Waals surface area contributed by atoms with Crippen molar-refractivity contribution in [1.29, 1.82) is 0 Å². The van der Waals surface area contributed by atoms with E-state index in [2.05, 4.69) is 38.2 Å². The van der Waals surface area contributed by atoms with Crippen LogP contribution in [0.2, 0.25) is 0 Å². The minimum atomic E-state index is 0.300. The molecule has 30 heavy (non-hydrogen) atoms. The first-order valence-electron chi connectivity index (χ1n) is 11.1. The van der Waals surface area contributed by atoms with Crippen LogP contribution in [0.4, 0.5) is 0 Å². The summed E-state index contributed by atoms with van der Waals surface area (Å²) in [7, 11) is 0. The van der Waals surface area contributed by atoms with Gasteiger partial charge in [-0.05, 0) is 38.7 Å². The molecular weight excluding hydrogens is 380 g/mol. The molecule has 2 aromatic rings. The predicted octanol–water partition coefficient (Wildman–Crippen LogP) is 2.67. The highest BCUT2D eigenvalue weighted by Gasteiger charge is 2.21. The number of aromatic nitrogens is 2. The standard InChI is InChI=1S/C22H32N6O2/c1-2-23-22(28-13-11-27(12-14-28)17-19-9-15-29-26-19)25-16-18-6-5-10-24-21(18)30-20-7-3-4-8-20/h5-6,9-10,15,20H,2-4,7-8,11-14,16-17H2,1H3,(H,23,25). The smallest absolute Gasteiger partial charge is 0.218 e. The van der Waals surface area contributed by atoms with Crippen molar-refractivity contribution in [3.05, 3.63) is 41.9 Å². The summed E-state index contributed by atoms with van der Waals surface area (Å²) in [5.74, 6) is 1.69. The molecule has 1 aliphatic heterocycles. The maximum Gasteiger partial charge on any atom is 0.218 e. The Labute approximate surface area is 178 Å². The Morgan fingerprint density at radius 3 is 2.80 bits per heavy atom. The van der Waals surface area contributed by atoms with E-state index < -0.39 is 0 Å². The normalized spacial score (nSPS) is 18.7. The van der Waals surface area contributed by atoms with Crippen LogP contribution in [0.25, 0.3) is 0 Å². The number of rotatable bonds is 7. The van der Waals surface area contributed by atoms with Crippen LogP contribution >= 0.6 is 0 Å². The molecule has 0 unspecified atom stereocenters. The molecular formula is C22H32N6O2. The molecule has 0 bridgehead atoms. The maximum absolute atomic E-state index is 6.17. The molecule has 3 heterocycles. The van der Waals surface area contributed by atoms with Crippen LogP contribution in [0.15, 0.2) is 40.2 Å². The number of guanidine groups is 1. The molecule has 0 radical (unpaired) electrons. The third-order valence-electron chi connectivity index (χ3n) is 5.71. The summed E-state index contributed by atoms with van der Waals surface area (Å²) in [6, 6.07) is 5.96. The Hall–Kier alpha value is -2.61. The lowest BCUT2D eigenvalue weighted by atomic mass is 10.2. The van der Waals surface area contributed by atoms with E-state index in [0.29, 0.717) is 12.6 Å². The van der Waals surface area contributed by atoms with Crippen molar-refractivity contribution in [3.8, 4) is 5.88 Å². The lowest BCUT2D eigenvalue weighted by Gasteiger charge is -2.36. The van der Waals surface area contributed by atoms with Gasteiger partial charge in [0, 0.05) is 57.1 Å². The van der Waals surface area contributed by atoms with Gasteiger partial charge in [-0.15, -0.1) is 0 Å². The Morgan fingerprint density at radius 2 is 2.07 bits per heavy atom. The number of pyridine rings is 1. The van der Waals surface area contributed by atoms with Crippen molar-refractivity contribution in [2.24, 2.45) is 4.99 Å². The number of piperazine rings is 1. The van der Waals surface area contributed by atoms with Gasteiger partial charge in [0.1, 0.15) is 12.4 Å². The molecule has 2 fully saturated rings. The van der Waals surface area contributed by atoms with Crippen molar-refractivity contribution in [2.75, 3.05) is 32.7 Å². The van der Waals surface area contributed by atoms with Crippen molar-refractivity contribution in [1.82, 2.24) is 25.3 Å². The highest BCUT2D eigenvalue weighted by Crippen LogP contribution is 2.25. The fraction of sp³-hybridized carbons (Fsp3) is 0.591. The molecule has 1 N–H and O–H groups in total. The third-order valence-corrected chi connectivity index (χ3v) is 5.71. The lowest BCUT2D eigenvalue weighted by Crippen LogP contribution is -2.52. The lowest BCUT2D eigenvalue weighted by molar-refractivity contribution is 0.169. The van der Waals surface area contributed by atoms with Crippen LogP contribution in [0.5, 0.6) is 5.88 Å². The molecule has 1 aliphatic carbocycles. The molecule has 0 amide bonds. The highest BCUT2D eigenvalue weighted by molar-refractivity contribution is 5.80. The van der Waals surface area contributed by atoms with Gasteiger partial charge in [0.25, 0.3) is 0 Å². The monoisotopic (exact) mass is 412 g/mol. The van der Waals surface area contributed by atoms with Gasteiger partial charge in [-0.2, -0.15) is 0 Å². The van der Waals surface area contributed by atoms with Gasteiger partial charge in [-0.1, -0.05) is 11.2 Å². The van der Waals surface area contributed by atoms with E-state index in [4.69, 9.17) is 14.3 Å². The van der Waals surface area contributed by atoms with Gasteiger partial charge in [0.05, 0.1) is 12.2 Å². The summed E-state index contributed by atoms with van der Waals surface area (Å²) in [4.78, 5) is 14.1. The zero-order valence-corrected chi connectivity index (χ0v) is 17.8. The molecule has 0 aromatic carbocycles. The minimum Gasteiger partial charge on any atom is -0.474 e. The van der Waals surface area contributed by atoms with Gasteiger partial charge < -0.3 is 19.5 Å². The van der Waals surface area contributed by atoms with E-state index in [1.807, 2.05) is 12.1 Å². The molecule has 1 saturated carbocycles. The molecule has 0 atom stereocenters. The molecule has 8 nitrogen and oxygen atoms in total. The van der Waals surface area contributed by atoms with E-state index in [0.717, 1.165) is 75.2 Å². The van der Waals surface area contributed by atoms with Crippen LogP contribution in [0.1, 0.15) is 43.9 Å². The second kappa shape index (κ2) is 10.4. The Kier molecular flexibility index (Phi) is 7.18. The van der Waals surface area contributed by atoms with E-state index in [1.54, 1.807) is 12.5 Å². The second-order valence-corrected chi connectivity index (χ2v) is 7.92. The van der Waals surface area contributed by atoms with Crippen LogP contribution in [0.3, 0.4) is 0 Å². The van der Waals surface area contributed by atoms with Gasteiger partial charge >= 0.3 is 0 Å². The molecule has 4 rings (SSSR count). The average Bonchev–Trinajstić information content (AvgIpc) is 3.47. The topological polar surface area (TPSA) is 79.0 Å². The SMILES string of the molecule is CCNC(=NCc1cccnc1OC1CCCC1)N1CCN(Cc2ccon2)CC1. The van der Waals surface area contributed by atoms with Crippen molar-refractivity contribution >= 4 is 5.96 Å². The van der Waals surface area contributed by atoms with Crippen molar-refractivity contribution in [2.45, 2.75) is 51.8 Å². The first-order valence-corrected chi connectivity index (χ1v) is 11.1. The zero-order chi connectivity index (χ0) is 20.6. The van der Waals surface area contributed by atoms with Crippen LogP contribution in [0, 0.1) is 0 Å². The molecule has 0 spiro atoms. The van der Waals surface area contributed by atoms with E-state index >= 15 is 0 Å². The highest BCUT2D eigenvalue weighted by atomic mass is 16.5. The number of nitrogens with zero attached hydrogens (tertiary/aromatic N) is 5. The fourth-order valence-corrected chi connectivity index (χ4v) is 4.07. The summed E-state index contributed by atoms with van der Waals surface area (Å²) < 4.78 is 11.1. The van der Waals surface area contributed by atoms with Gasteiger partial charge in [0.15, 0.2) is 5.96 Å². The summed E-state index contributed by atoms with van der Waals surface area (Å²) in [5, 5.41) is 7.46.